The van der Waals surface area contributed by atoms with E-state index in [1.807, 2.05) is 34.7 Å². The number of halogens is 2. The van der Waals surface area contributed by atoms with Crippen LogP contribution in [-0.4, -0.2) is 38.5 Å². The van der Waals surface area contributed by atoms with E-state index in [4.69, 9.17) is 23.2 Å². The minimum Gasteiger partial charge on any atom is -0.283 e. The Labute approximate surface area is 179 Å². The van der Waals surface area contributed by atoms with Crippen LogP contribution in [0.15, 0.2) is 42.6 Å². The van der Waals surface area contributed by atoms with Gasteiger partial charge in [0.25, 0.3) is 5.91 Å². The number of hydrogen-bond acceptors (Lipinski definition) is 4. The molecule has 3 heterocycles. The van der Waals surface area contributed by atoms with E-state index in [1.54, 1.807) is 24.4 Å². The molecule has 4 rings (SSSR count). The molecule has 1 amide bonds. The number of imidazole rings is 1. The summed E-state index contributed by atoms with van der Waals surface area (Å²) in [5.74, 6) is 0.979. The van der Waals surface area contributed by atoms with Gasteiger partial charge in [-0.15, -0.1) is 0 Å². The molecule has 0 aliphatic carbocycles. The molecule has 1 aromatic carbocycles. The predicted octanol–water partition coefficient (Wildman–Crippen LogP) is 4.68. The van der Waals surface area contributed by atoms with Crippen molar-refractivity contribution in [3.63, 3.8) is 0 Å². The molecule has 0 unspecified atom stereocenters. The number of carbonyl (C=O) groups is 1. The van der Waals surface area contributed by atoms with Crippen LogP contribution < -0.4 is 5.43 Å². The van der Waals surface area contributed by atoms with Crippen LogP contribution in [0.5, 0.6) is 0 Å². The van der Waals surface area contributed by atoms with Crippen molar-refractivity contribution in [2.45, 2.75) is 26.2 Å². The van der Waals surface area contributed by atoms with Crippen LogP contribution in [0.25, 0.3) is 17.2 Å². The number of aromatic nitrogens is 3. The SMILES string of the molecule is Cc1c(C(=O)NN2CCCCC2)nc(-c2ccc(Cl)cc2Cl)n1-c1ccccn1. The maximum Gasteiger partial charge on any atom is 0.286 e. The number of piperidine rings is 1. The van der Waals surface area contributed by atoms with Gasteiger partial charge in [0.2, 0.25) is 0 Å². The van der Waals surface area contributed by atoms with Gasteiger partial charge < -0.3 is 0 Å². The third kappa shape index (κ3) is 4.15. The maximum absolute atomic E-state index is 13.0. The smallest absolute Gasteiger partial charge is 0.283 e. The molecule has 6 nitrogen and oxygen atoms in total. The van der Waals surface area contributed by atoms with E-state index in [0.29, 0.717) is 38.6 Å². The fraction of sp³-hybridized carbons (Fsp3) is 0.286. The normalized spacial score (nSPS) is 14.7. The lowest BCUT2D eigenvalue weighted by atomic mass is 10.2. The van der Waals surface area contributed by atoms with Crippen LogP contribution >= 0.6 is 23.2 Å². The van der Waals surface area contributed by atoms with E-state index in [-0.39, 0.29) is 5.91 Å². The second-order valence-corrected chi connectivity index (χ2v) is 7.85. The molecule has 0 bridgehead atoms. The Bertz CT molecular complexity index is 1030. The fourth-order valence-electron chi connectivity index (χ4n) is 3.54. The summed E-state index contributed by atoms with van der Waals surface area (Å²) in [4.78, 5) is 22.1. The minimum atomic E-state index is -0.231. The number of amides is 1. The van der Waals surface area contributed by atoms with Crippen molar-refractivity contribution in [3.05, 3.63) is 64.0 Å². The third-order valence-corrected chi connectivity index (χ3v) is 5.54. The molecule has 2 aromatic heterocycles. The van der Waals surface area contributed by atoms with E-state index in [2.05, 4.69) is 15.4 Å². The molecular weight excluding hydrogens is 409 g/mol. The number of carbonyl (C=O) groups excluding carboxylic acids is 1. The van der Waals surface area contributed by atoms with Crippen LogP contribution in [-0.2, 0) is 0 Å². The lowest BCUT2D eigenvalue weighted by Gasteiger charge is -2.26. The molecule has 150 valence electrons. The average Bonchev–Trinajstić information content (AvgIpc) is 3.06. The third-order valence-electron chi connectivity index (χ3n) is 4.99. The highest BCUT2D eigenvalue weighted by Crippen LogP contribution is 2.32. The molecule has 1 aliphatic heterocycles. The minimum absolute atomic E-state index is 0.231. The van der Waals surface area contributed by atoms with E-state index < -0.39 is 0 Å². The quantitative estimate of drug-likeness (QED) is 0.653. The van der Waals surface area contributed by atoms with E-state index in [9.17, 15) is 4.79 Å². The Balaban J connectivity index is 1.79. The Morgan fingerprint density at radius 3 is 2.59 bits per heavy atom. The fourth-order valence-corrected chi connectivity index (χ4v) is 4.03. The van der Waals surface area contributed by atoms with Gasteiger partial charge in [-0.05, 0) is 50.1 Å². The average molecular weight is 430 g/mol. The van der Waals surface area contributed by atoms with Crippen molar-refractivity contribution in [1.82, 2.24) is 25.0 Å². The van der Waals surface area contributed by atoms with Crippen molar-refractivity contribution in [2.24, 2.45) is 0 Å². The first-order valence-corrected chi connectivity index (χ1v) is 10.3. The van der Waals surface area contributed by atoms with Crippen LogP contribution in [0.2, 0.25) is 10.0 Å². The lowest BCUT2D eigenvalue weighted by Crippen LogP contribution is -2.45. The molecule has 1 aliphatic rings. The van der Waals surface area contributed by atoms with Crippen LogP contribution in [0.3, 0.4) is 0 Å². The van der Waals surface area contributed by atoms with Gasteiger partial charge in [0.15, 0.2) is 5.69 Å². The lowest BCUT2D eigenvalue weighted by molar-refractivity contribution is 0.0744. The summed E-state index contributed by atoms with van der Waals surface area (Å²) >= 11 is 12.5. The van der Waals surface area contributed by atoms with Gasteiger partial charge in [0.05, 0.1) is 10.7 Å². The molecule has 1 saturated heterocycles. The zero-order valence-electron chi connectivity index (χ0n) is 16.0. The van der Waals surface area contributed by atoms with E-state index in [1.165, 1.54) is 6.42 Å². The van der Waals surface area contributed by atoms with Crippen molar-refractivity contribution >= 4 is 29.1 Å². The summed E-state index contributed by atoms with van der Waals surface area (Å²) < 4.78 is 1.85. The van der Waals surface area contributed by atoms with Gasteiger partial charge in [-0.2, -0.15) is 0 Å². The van der Waals surface area contributed by atoms with Crippen LogP contribution in [0.4, 0.5) is 0 Å². The molecule has 1 fully saturated rings. The highest BCUT2D eigenvalue weighted by molar-refractivity contribution is 6.36. The van der Waals surface area contributed by atoms with Gasteiger partial charge in [-0.1, -0.05) is 35.7 Å². The summed E-state index contributed by atoms with van der Waals surface area (Å²) in [5, 5.41) is 2.96. The molecule has 0 radical (unpaired) electrons. The Hall–Kier alpha value is -2.41. The monoisotopic (exact) mass is 429 g/mol. The molecule has 0 atom stereocenters. The number of nitrogens with one attached hydrogen (secondary N) is 1. The zero-order valence-corrected chi connectivity index (χ0v) is 17.5. The second kappa shape index (κ2) is 8.53. The highest BCUT2D eigenvalue weighted by Gasteiger charge is 2.25. The summed E-state index contributed by atoms with van der Waals surface area (Å²) in [6, 6.07) is 10.8. The number of benzene rings is 1. The molecule has 0 spiro atoms. The van der Waals surface area contributed by atoms with E-state index in [0.717, 1.165) is 25.9 Å². The number of pyridine rings is 1. The summed E-state index contributed by atoms with van der Waals surface area (Å²) in [5.41, 5.74) is 4.71. The van der Waals surface area contributed by atoms with Crippen molar-refractivity contribution < 1.29 is 4.79 Å². The van der Waals surface area contributed by atoms with Gasteiger partial charge in [0, 0.05) is 29.9 Å². The first-order valence-electron chi connectivity index (χ1n) is 9.56. The molecule has 3 aromatic rings. The van der Waals surface area contributed by atoms with Crippen LogP contribution in [0.1, 0.15) is 35.4 Å². The first-order chi connectivity index (χ1) is 14.0. The summed E-state index contributed by atoms with van der Waals surface area (Å²) in [6.07, 6.45) is 5.05. The Morgan fingerprint density at radius 2 is 1.90 bits per heavy atom. The first kappa shape index (κ1) is 19.9. The standard InChI is InChI=1S/C21H21Cl2N5O/c1-14-19(21(29)26-27-11-5-2-6-12-27)25-20(16-9-8-15(22)13-17(16)23)28(14)18-7-3-4-10-24-18/h3-4,7-10,13H,2,5-6,11-12H2,1H3,(H,26,29). The van der Waals surface area contributed by atoms with Crippen molar-refractivity contribution in [3.8, 4) is 17.2 Å². The topological polar surface area (TPSA) is 63.1 Å². The van der Waals surface area contributed by atoms with Crippen molar-refractivity contribution in [2.75, 3.05) is 13.1 Å². The Kier molecular flexibility index (Phi) is 5.85. The molecular formula is C21H21Cl2N5O. The van der Waals surface area contributed by atoms with Gasteiger partial charge in [-0.3, -0.25) is 14.8 Å². The predicted molar refractivity (Wildman–Crippen MR) is 114 cm³/mol. The molecule has 29 heavy (non-hydrogen) atoms. The largest absolute Gasteiger partial charge is 0.286 e. The zero-order chi connectivity index (χ0) is 20.4. The summed E-state index contributed by atoms with van der Waals surface area (Å²) in [6.45, 7) is 3.56. The van der Waals surface area contributed by atoms with Gasteiger partial charge >= 0.3 is 0 Å². The molecule has 8 heteroatoms. The summed E-state index contributed by atoms with van der Waals surface area (Å²) in [7, 11) is 0. The highest BCUT2D eigenvalue weighted by atomic mass is 35.5. The number of rotatable bonds is 4. The van der Waals surface area contributed by atoms with Crippen LogP contribution in [0, 0.1) is 6.92 Å². The van der Waals surface area contributed by atoms with Gasteiger partial charge in [-0.25, -0.2) is 15.0 Å². The molecule has 0 saturated carbocycles. The van der Waals surface area contributed by atoms with Gasteiger partial charge in [0.1, 0.15) is 11.6 Å². The maximum atomic E-state index is 13.0. The second-order valence-electron chi connectivity index (χ2n) is 7.01. The van der Waals surface area contributed by atoms with E-state index >= 15 is 0 Å². The van der Waals surface area contributed by atoms with Crippen molar-refractivity contribution in [1.29, 1.82) is 0 Å². The number of nitrogens with zero attached hydrogens (tertiary/aromatic N) is 4. The Morgan fingerprint density at radius 1 is 1.10 bits per heavy atom. The number of hydrogen-bond donors (Lipinski definition) is 1. The number of hydrazine groups is 1. The molecule has 1 N–H and O–H groups in total.